The van der Waals surface area contributed by atoms with E-state index in [1.165, 1.54) is 0 Å². The molecule has 15 heavy (non-hydrogen) atoms. The van der Waals surface area contributed by atoms with Gasteiger partial charge in [0.1, 0.15) is 6.10 Å². The third-order valence-electron chi connectivity index (χ3n) is 2.44. The van der Waals surface area contributed by atoms with Gasteiger partial charge in [-0.05, 0) is 23.6 Å². The normalized spacial score (nSPS) is 14.9. The van der Waals surface area contributed by atoms with Gasteiger partial charge in [0.25, 0.3) is 0 Å². The fraction of sp³-hybridized carbons (Fsp3) is 0.455. The van der Waals surface area contributed by atoms with Crippen molar-refractivity contribution in [1.29, 1.82) is 0 Å². The van der Waals surface area contributed by atoms with Gasteiger partial charge in [-0.25, -0.2) is 0 Å². The number of nitrogens with two attached hydrogens (primary N) is 1. The molecule has 0 fully saturated rings. The van der Waals surface area contributed by atoms with Crippen LogP contribution in [0.3, 0.4) is 0 Å². The summed E-state index contributed by atoms with van der Waals surface area (Å²) in [6.07, 6.45) is -0.932. The largest absolute Gasteiger partial charge is 0.399 e. The predicted octanol–water partition coefficient (Wildman–Crippen LogP) is 1.16. The van der Waals surface area contributed by atoms with E-state index in [9.17, 15) is 10.2 Å². The zero-order valence-corrected chi connectivity index (χ0v) is 9.61. The molecule has 0 radical (unpaired) electrons. The Balaban J connectivity index is 2.95. The maximum absolute atomic E-state index is 9.76. The maximum Gasteiger partial charge on any atom is 0.106 e. The van der Waals surface area contributed by atoms with Crippen LogP contribution in [0.1, 0.15) is 24.2 Å². The molecule has 0 amide bonds. The van der Waals surface area contributed by atoms with Gasteiger partial charge in [-0.15, -0.1) is 0 Å². The molecule has 2 unspecified atom stereocenters. The molecule has 0 aromatic heterocycles. The van der Waals surface area contributed by atoms with E-state index < -0.39 is 12.2 Å². The summed E-state index contributed by atoms with van der Waals surface area (Å²) in [4.78, 5) is 0. The second-order valence-electron chi connectivity index (χ2n) is 3.51. The fourth-order valence-electron chi connectivity index (χ4n) is 1.44. The van der Waals surface area contributed by atoms with E-state index in [1.807, 2.05) is 13.0 Å². The van der Waals surface area contributed by atoms with E-state index in [2.05, 4.69) is 12.6 Å². The van der Waals surface area contributed by atoms with E-state index in [0.29, 0.717) is 11.3 Å². The smallest absolute Gasteiger partial charge is 0.106 e. The lowest BCUT2D eigenvalue weighted by molar-refractivity contribution is 0.0337. The number of aryl methyl sites for hydroxylation is 1. The topological polar surface area (TPSA) is 66.5 Å². The highest BCUT2D eigenvalue weighted by atomic mass is 32.1. The first-order valence-corrected chi connectivity index (χ1v) is 5.58. The first-order chi connectivity index (χ1) is 7.10. The number of nitrogen functional groups attached to an aromatic ring is 1. The van der Waals surface area contributed by atoms with Crippen molar-refractivity contribution in [2.75, 3.05) is 11.5 Å². The molecular formula is C11H17NO2S. The van der Waals surface area contributed by atoms with Crippen molar-refractivity contribution >= 4 is 18.3 Å². The molecule has 0 heterocycles. The third-order valence-corrected chi connectivity index (χ3v) is 2.82. The number of rotatable bonds is 4. The minimum absolute atomic E-state index is 0.229. The minimum atomic E-state index is -0.895. The van der Waals surface area contributed by atoms with Crippen molar-refractivity contribution in [2.45, 2.75) is 25.6 Å². The number of aliphatic hydroxyl groups is 2. The lowest BCUT2D eigenvalue weighted by Gasteiger charge is -2.17. The maximum atomic E-state index is 9.76. The quantitative estimate of drug-likeness (QED) is 0.461. The van der Waals surface area contributed by atoms with Crippen LogP contribution in [-0.4, -0.2) is 22.1 Å². The van der Waals surface area contributed by atoms with E-state index in [1.54, 1.807) is 12.1 Å². The van der Waals surface area contributed by atoms with Gasteiger partial charge in [0.2, 0.25) is 0 Å². The molecule has 84 valence electrons. The average molecular weight is 227 g/mol. The van der Waals surface area contributed by atoms with Gasteiger partial charge in [-0.1, -0.05) is 19.1 Å². The van der Waals surface area contributed by atoms with Gasteiger partial charge in [0.15, 0.2) is 0 Å². The summed E-state index contributed by atoms with van der Waals surface area (Å²) in [5.41, 5.74) is 8.13. The molecule has 0 aliphatic carbocycles. The van der Waals surface area contributed by atoms with Crippen LogP contribution in [0.5, 0.6) is 0 Å². The summed E-state index contributed by atoms with van der Waals surface area (Å²) in [5.74, 6) is 0.229. The standard InChI is InChI=1S/C11H17NO2S/c1-2-7-5-8(3-4-9(7)12)11(14)10(13)6-15/h3-5,10-11,13-15H,2,6,12H2,1H3. The van der Waals surface area contributed by atoms with Crippen LogP contribution in [0.4, 0.5) is 5.69 Å². The molecule has 2 atom stereocenters. The number of benzene rings is 1. The highest BCUT2D eigenvalue weighted by Crippen LogP contribution is 2.22. The van der Waals surface area contributed by atoms with Gasteiger partial charge in [-0.2, -0.15) is 12.6 Å². The van der Waals surface area contributed by atoms with Crippen LogP contribution in [0.15, 0.2) is 18.2 Å². The molecular weight excluding hydrogens is 210 g/mol. The lowest BCUT2D eigenvalue weighted by atomic mass is 10.0. The molecule has 0 spiro atoms. The Labute approximate surface area is 95.3 Å². The van der Waals surface area contributed by atoms with Crippen molar-refractivity contribution in [1.82, 2.24) is 0 Å². The van der Waals surface area contributed by atoms with Crippen molar-refractivity contribution in [2.24, 2.45) is 0 Å². The van der Waals surface area contributed by atoms with Gasteiger partial charge < -0.3 is 15.9 Å². The monoisotopic (exact) mass is 227 g/mol. The summed E-state index contributed by atoms with van der Waals surface area (Å²) < 4.78 is 0. The minimum Gasteiger partial charge on any atom is -0.399 e. The fourth-order valence-corrected chi connectivity index (χ4v) is 1.64. The first kappa shape index (κ1) is 12.4. The van der Waals surface area contributed by atoms with Crippen molar-refractivity contribution in [3.63, 3.8) is 0 Å². The Bertz CT molecular complexity index is 330. The predicted molar refractivity (Wildman–Crippen MR) is 65.1 cm³/mol. The van der Waals surface area contributed by atoms with Crippen LogP contribution in [0.2, 0.25) is 0 Å². The molecule has 1 aromatic carbocycles. The van der Waals surface area contributed by atoms with E-state index >= 15 is 0 Å². The van der Waals surface area contributed by atoms with Crippen LogP contribution in [0.25, 0.3) is 0 Å². The third kappa shape index (κ3) is 2.87. The number of aliphatic hydroxyl groups excluding tert-OH is 2. The molecule has 1 rings (SSSR count). The van der Waals surface area contributed by atoms with Gasteiger partial charge >= 0.3 is 0 Å². The van der Waals surface area contributed by atoms with Gasteiger partial charge in [-0.3, -0.25) is 0 Å². The van der Waals surface area contributed by atoms with E-state index in [4.69, 9.17) is 5.73 Å². The Morgan fingerprint density at radius 3 is 2.60 bits per heavy atom. The Morgan fingerprint density at radius 1 is 1.40 bits per heavy atom. The second kappa shape index (κ2) is 5.39. The van der Waals surface area contributed by atoms with Crippen LogP contribution in [-0.2, 0) is 6.42 Å². The van der Waals surface area contributed by atoms with E-state index in [0.717, 1.165) is 12.0 Å². The van der Waals surface area contributed by atoms with Crippen LogP contribution < -0.4 is 5.73 Å². The first-order valence-electron chi connectivity index (χ1n) is 4.95. The Kier molecular flexibility index (Phi) is 4.45. The van der Waals surface area contributed by atoms with Gasteiger partial charge in [0.05, 0.1) is 6.10 Å². The molecule has 0 aliphatic rings. The van der Waals surface area contributed by atoms with Crippen LogP contribution in [0, 0.1) is 0 Å². The lowest BCUT2D eigenvalue weighted by Crippen LogP contribution is -2.19. The van der Waals surface area contributed by atoms with E-state index in [-0.39, 0.29) is 5.75 Å². The average Bonchev–Trinajstić information content (AvgIpc) is 2.27. The van der Waals surface area contributed by atoms with Crippen molar-refractivity contribution in [3.8, 4) is 0 Å². The number of hydrogen-bond acceptors (Lipinski definition) is 4. The number of thiol groups is 1. The summed E-state index contributed by atoms with van der Waals surface area (Å²) in [6.45, 7) is 2.00. The van der Waals surface area contributed by atoms with Crippen molar-refractivity contribution < 1.29 is 10.2 Å². The van der Waals surface area contributed by atoms with Crippen LogP contribution >= 0.6 is 12.6 Å². The highest BCUT2D eigenvalue weighted by Gasteiger charge is 2.17. The van der Waals surface area contributed by atoms with Gasteiger partial charge in [0, 0.05) is 11.4 Å². The number of hydrogen-bond donors (Lipinski definition) is 4. The zero-order valence-electron chi connectivity index (χ0n) is 8.72. The molecule has 0 saturated heterocycles. The molecule has 0 bridgehead atoms. The summed E-state index contributed by atoms with van der Waals surface area (Å²) in [5, 5.41) is 19.2. The highest BCUT2D eigenvalue weighted by molar-refractivity contribution is 7.80. The molecule has 4 N–H and O–H groups in total. The Morgan fingerprint density at radius 2 is 2.07 bits per heavy atom. The zero-order chi connectivity index (χ0) is 11.4. The molecule has 3 nitrogen and oxygen atoms in total. The summed E-state index contributed by atoms with van der Waals surface area (Å²) in [7, 11) is 0. The molecule has 4 heteroatoms. The molecule has 1 aromatic rings. The summed E-state index contributed by atoms with van der Waals surface area (Å²) >= 11 is 3.94. The SMILES string of the molecule is CCc1cc(C(O)C(O)CS)ccc1N. The summed E-state index contributed by atoms with van der Waals surface area (Å²) in [6, 6.07) is 5.31. The molecule has 0 saturated carbocycles. The Hall–Kier alpha value is -0.710. The number of anilines is 1. The van der Waals surface area contributed by atoms with Crippen molar-refractivity contribution in [3.05, 3.63) is 29.3 Å². The molecule has 0 aliphatic heterocycles. The second-order valence-corrected chi connectivity index (χ2v) is 3.87.